The van der Waals surface area contributed by atoms with Crippen LogP contribution < -0.4 is 0 Å². The molecular formula is C15H12N4. The highest BCUT2D eigenvalue weighted by Gasteiger charge is 1.96. The molecule has 0 atom stereocenters. The lowest BCUT2D eigenvalue weighted by Gasteiger charge is -1.99. The molecule has 0 amide bonds. The fourth-order valence-corrected chi connectivity index (χ4v) is 1.57. The molecule has 4 nitrogen and oxygen atoms in total. The number of azide groups is 1. The van der Waals surface area contributed by atoms with Gasteiger partial charge < -0.3 is 0 Å². The maximum absolute atomic E-state index is 8.13. The maximum Gasteiger partial charge on any atom is 0.0701 e. The lowest BCUT2D eigenvalue weighted by Crippen LogP contribution is -1.82. The molecule has 0 aliphatic heterocycles. The Labute approximate surface area is 111 Å². The minimum atomic E-state index is 0.412. The quantitative estimate of drug-likeness (QED) is 0.268. The summed E-state index contributed by atoms with van der Waals surface area (Å²) < 4.78 is 0. The number of hydrogen-bond donors (Lipinski definition) is 0. The third-order valence-corrected chi connectivity index (χ3v) is 2.48. The van der Waals surface area contributed by atoms with Gasteiger partial charge in [-0.05, 0) is 29.8 Å². The highest BCUT2D eigenvalue weighted by molar-refractivity contribution is 5.60. The first-order valence-electron chi connectivity index (χ1n) is 5.91. The molecule has 0 unspecified atom stereocenters. The van der Waals surface area contributed by atoms with Gasteiger partial charge in [0.05, 0.1) is 5.69 Å². The SMILES string of the molecule is [N-]=[N+]=NCCC#Cc1ccc(-c2ccccn2)cc1. The summed E-state index contributed by atoms with van der Waals surface area (Å²) in [4.78, 5) is 6.97. The molecule has 0 saturated heterocycles. The van der Waals surface area contributed by atoms with Crippen LogP contribution in [-0.2, 0) is 0 Å². The van der Waals surface area contributed by atoms with Gasteiger partial charge in [0, 0.05) is 35.2 Å². The first-order chi connectivity index (χ1) is 9.40. The zero-order chi connectivity index (χ0) is 13.3. The zero-order valence-electron chi connectivity index (χ0n) is 10.3. The van der Waals surface area contributed by atoms with Crippen molar-refractivity contribution in [2.75, 3.05) is 6.54 Å². The van der Waals surface area contributed by atoms with Gasteiger partial charge in [0.25, 0.3) is 0 Å². The summed E-state index contributed by atoms with van der Waals surface area (Å²) in [7, 11) is 0. The third kappa shape index (κ3) is 3.88. The van der Waals surface area contributed by atoms with Crippen molar-refractivity contribution in [3.05, 3.63) is 64.7 Å². The Kier molecular flexibility index (Phi) is 4.58. The fourth-order valence-electron chi connectivity index (χ4n) is 1.57. The van der Waals surface area contributed by atoms with E-state index in [0.29, 0.717) is 13.0 Å². The fraction of sp³-hybridized carbons (Fsp3) is 0.133. The van der Waals surface area contributed by atoms with Crippen molar-refractivity contribution in [3.8, 4) is 23.1 Å². The standard InChI is InChI=1S/C15H12N4/c16-19-18-12-4-1-5-13-7-9-14(10-8-13)15-6-2-3-11-17-15/h2-3,6-11H,4,12H2. The zero-order valence-corrected chi connectivity index (χ0v) is 10.3. The van der Waals surface area contributed by atoms with Gasteiger partial charge in [0.1, 0.15) is 0 Å². The van der Waals surface area contributed by atoms with Crippen LogP contribution in [0.4, 0.5) is 0 Å². The summed E-state index contributed by atoms with van der Waals surface area (Å²) in [6.45, 7) is 0.412. The number of aromatic nitrogens is 1. The van der Waals surface area contributed by atoms with Gasteiger partial charge >= 0.3 is 0 Å². The summed E-state index contributed by atoms with van der Waals surface area (Å²) in [5.41, 5.74) is 11.1. The van der Waals surface area contributed by atoms with Gasteiger partial charge in [-0.3, -0.25) is 4.98 Å². The second-order valence-corrected chi connectivity index (χ2v) is 3.80. The summed E-state index contributed by atoms with van der Waals surface area (Å²) >= 11 is 0. The van der Waals surface area contributed by atoms with Crippen molar-refractivity contribution in [1.29, 1.82) is 0 Å². The van der Waals surface area contributed by atoms with Crippen LogP contribution in [-0.4, -0.2) is 11.5 Å². The van der Waals surface area contributed by atoms with Crippen molar-refractivity contribution in [3.63, 3.8) is 0 Å². The minimum Gasteiger partial charge on any atom is -0.256 e. The van der Waals surface area contributed by atoms with Crippen molar-refractivity contribution < 1.29 is 0 Å². The highest BCUT2D eigenvalue weighted by atomic mass is 15.1. The molecule has 2 rings (SSSR count). The first-order valence-corrected chi connectivity index (χ1v) is 5.91. The van der Waals surface area contributed by atoms with Crippen LogP contribution in [0, 0.1) is 11.8 Å². The molecule has 92 valence electrons. The van der Waals surface area contributed by atoms with Crippen LogP contribution in [0.1, 0.15) is 12.0 Å². The molecule has 0 N–H and O–H groups in total. The normalized spacial score (nSPS) is 9.05. The summed E-state index contributed by atoms with van der Waals surface area (Å²) in [5.74, 6) is 5.99. The van der Waals surface area contributed by atoms with Gasteiger partial charge in [-0.1, -0.05) is 35.2 Å². The summed E-state index contributed by atoms with van der Waals surface area (Å²) in [6, 6.07) is 13.8. The second kappa shape index (κ2) is 6.85. The second-order valence-electron chi connectivity index (χ2n) is 3.80. The van der Waals surface area contributed by atoms with Crippen LogP contribution in [0.25, 0.3) is 21.7 Å². The third-order valence-electron chi connectivity index (χ3n) is 2.48. The molecule has 0 saturated carbocycles. The van der Waals surface area contributed by atoms with Crippen LogP contribution >= 0.6 is 0 Å². The van der Waals surface area contributed by atoms with E-state index in [2.05, 4.69) is 26.9 Å². The van der Waals surface area contributed by atoms with E-state index in [1.54, 1.807) is 6.20 Å². The molecule has 19 heavy (non-hydrogen) atoms. The summed E-state index contributed by atoms with van der Waals surface area (Å²) in [5, 5.41) is 3.43. The number of hydrogen-bond acceptors (Lipinski definition) is 2. The van der Waals surface area contributed by atoms with E-state index in [4.69, 9.17) is 5.53 Å². The molecule has 0 spiro atoms. The Hall–Kier alpha value is -2.76. The smallest absolute Gasteiger partial charge is 0.0701 e. The number of rotatable bonds is 3. The minimum absolute atomic E-state index is 0.412. The molecule has 0 radical (unpaired) electrons. The van der Waals surface area contributed by atoms with E-state index in [9.17, 15) is 0 Å². The highest BCUT2D eigenvalue weighted by Crippen LogP contribution is 2.16. The Morgan fingerprint density at radius 3 is 2.68 bits per heavy atom. The lowest BCUT2D eigenvalue weighted by molar-refractivity contribution is 1.01. The largest absolute Gasteiger partial charge is 0.256 e. The van der Waals surface area contributed by atoms with Gasteiger partial charge in [0.2, 0.25) is 0 Å². The summed E-state index contributed by atoms with van der Waals surface area (Å²) in [6.07, 6.45) is 2.35. The van der Waals surface area contributed by atoms with E-state index in [0.717, 1.165) is 16.8 Å². The van der Waals surface area contributed by atoms with Crippen LogP contribution in [0.15, 0.2) is 53.8 Å². The van der Waals surface area contributed by atoms with Crippen molar-refractivity contribution >= 4 is 0 Å². The maximum atomic E-state index is 8.13. The Bertz CT molecular complexity index is 629. The lowest BCUT2D eigenvalue weighted by atomic mass is 10.1. The number of benzene rings is 1. The first kappa shape index (κ1) is 12.7. The molecule has 0 fully saturated rings. The van der Waals surface area contributed by atoms with Crippen LogP contribution in [0.3, 0.4) is 0 Å². The van der Waals surface area contributed by atoms with E-state index >= 15 is 0 Å². The van der Waals surface area contributed by atoms with Gasteiger partial charge in [-0.15, -0.1) is 0 Å². The van der Waals surface area contributed by atoms with E-state index in [1.807, 2.05) is 42.5 Å². The predicted octanol–water partition coefficient (Wildman–Crippen LogP) is 3.80. The monoisotopic (exact) mass is 248 g/mol. The Balaban J connectivity index is 2.04. The van der Waals surface area contributed by atoms with Crippen LogP contribution in [0.5, 0.6) is 0 Å². The Morgan fingerprint density at radius 1 is 1.16 bits per heavy atom. The van der Waals surface area contributed by atoms with Crippen molar-refractivity contribution in [2.45, 2.75) is 6.42 Å². The molecule has 4 heteroatoms. The van der Waals surface area contributed by atoms with Gasteiger partial charge in [-0.2, -0.15) is 0 Å². The van der Waals surface area contributed by atoms with E-state index in [-0.39, 0.29) is 0 Å². The molecular weight excluding hydrogens is 236 g/mol. The van der Waals surface area contributed by atoms with Gasteiger partial charge in [-0.25, -0.2) is 0 Å². The average molecular weight is 248 g/mol. The molecule has 0 aliphatic rings. The van der Waals surface area contributed by atoms with E-state index in [1.165, 1.54) is 0 Å². The predicted molar refractivity (Wildman–Crippen MR) is 75.2 cm³/mol. The number of nitrogens with zero attached hydrogens (tertiary/aromatic N) is 4. The molecule has 0 aliphatic carbocycles. The van der Waals surface area contributed by atoms with Gasteiger partial charge in [0.15, 0.2) is 0 Å². The average Bonchev–Trinajstić information content (AvgIpc) is 2.49. The molecule has 1 aromatic heterocycles. The van der Waals surface area contributed by atoms with Crippen LogP contribution in [0.2, 0.25) is 0 Å². The topological polar surface area (TPSA) is 61.7 Å². The molecule has 1 heterocycles. The number of pyridine rings is 1. The molecule has 1 aromatic carbocycles. The van der Waals surface area contributed by atoms with Crippen molar-refractivity contribution in [2.24, 2.45) is 5.11 Å². The Morgan fingerprint density at radius 2 is 2.00 bits per heavy atom. The molecule has 0 bridgehead atoms. The van der Waals surface area contributed by atoms with Crippen molar-refractivity contribution in [1.82, 2.24) is 4.98 Å². The van der Waals surface area contributed by atoms with E-state index < -0.39 is 0 Å². The molecule has 2 aromatic rings.